The van der Waals surface area contributed by atoms with Crippen molar-refractivity contribution in [2.75, 3.05) is 27.9 Å². The van der Waals surface area contributed by atoms with Gasteiger partial charge in [-0.25, -0.2) is 19.4 Å². The number of hydroxylamine groups is 2. The Bertz CT molecular complexity index is 889. The second-order valence-electron chi connectivity index (χ2n) is 7.23. The second-order valence-corrected chi connectivity index (χ2v) is 7.23. The van der Waals surface area contributed by atoms with Crippen LogP contribution in [0.5, 0.6) is 0 Å². The van der Waals surface area contributed by atoms with Crippen molar-refractivity contribution in [3.05, 3.63) is 35.9 Å². The molecular formula is C22H29N3O8. The van der Waals surface area contributed by atoms with Crippen LogP contribution in [-0.2, 0) is 40.0 Å². The number of carbonyl (C=O) groups is 4. The summed E-state index contributed by atoms with van der Waals surface area (Å²) in [7, 11) is 3.83. The Kier molecular flexibility index (Phi) is 9.34. The molecule has 1 aromatic carbocycles. The number of benzene rings is 1. The van der Waals surface area contributed by atoms with E-state index < -0.39 is 35.5 Å². The third-order valence-electron chi connectivity index (χ3n) is 5.08. The summed E-state index contributed by atoms with van der Waals surface area (Å²) in [6.45, 7) is 1.70. The molecule has 0 aromatic heterocycles. The number of nitrogens with zero attached hydrogens (tertiary/aromatic N) is 2. The number of carbonyl (C=O) groups excluding carboxylic acids is 4. The van der Waals surface area contributed by atoms with Gasteiger partial charge in [0.15, 0.2) is 0 Å². The Balaban J connectivity index is 2.15. The zero-order chi connectivity index (χ0) is 24.4. The van der Waals surface area contributed by atoms with Crippen LogP contribution in [0, 0.1) is 0 Å². The number of likely N-dealkylation sites (N-methyl/N-ethyl adjacent to an activating group) is 1. The molecule has 1 aliphatic rings. The average molecular weight is 463 g/mol. The smallest absolute Gasteiger partial charge is 0.408 e. The molecule has 1 aliphatic heterocycles. The molecule has 1 N–H and O–H groups in total. The molecule has 1 aromatic rings. The number of aliphatic imine (C=N–C) groups is 1. The molecule has 0 radical (unpaired) electrons. The highest BCUT2D eigenvalue weighted by Gasteiger charge is 2.52. The monoisotopic (exact) mass is 463 g/mol. The molecule has 11 nitrogen and oxygen atoms in total. The van der Waals surface area contributed by atoms with Crippen molar-refractivity contribution in [1.29, 1.82) is 0 Å². The zero-order valence-corrected chi connectivity index (χ0v) is 19.2. The van der Waals surface area contributed by atoms with Crippen LogP contribution in [0.25, 0.3) is 0 Å². The van der Waals surface area contributed by atoms with Gasteiger partial charge < -0.3 is 19.5 Å². The van der Waals surface area contributed by atoms with Crippen LogP contribution in [0.2, 0.25) is 0 Å². The van der Waals surface area contributed by atoms with Crippen LogP contribution in [0.3, 0.4) is 0 Å². The maximum atomic E-state index is 12.8. The molecule has 0 spiro atoms. The van der Waals surface area contributed by atoms with Crippen LogP contribution in [-0.4, -0.2) is 74.2 Å². The van der Waals surface area contributed by atoms with Crippen LogP contribution in [0.1, 0.15) is 31.7 Å². The molecule has 0 saturated heterocycles. The summed E-state index contributed by atoms with van der Waals surface area (Å²) in [6.07, 6.45) is -0.617. The van der Waals surface area contributed by atoms with E-state index >= 15 is 0 Å². The Morgan fingerprint density at radius 1 is 1.15 bits per heavy atom. The number of rotatable bonds is 10. The molecule has 0 aliphatic carbocycles. The molecule has 0 bridgehead atoms. The minimum absolute atomic E-state index is 0.0192. The van der Waals surface area contributed by atoms with Crippen LogP contribution in [0.4, 0.5) is 4.79 Å². The highest BCUT2D eigenvalue weighted by atomic mass is 16.7. The Morgan fingerprint density at radius 2 is 1.85 bits per heavy atom. The van der Waals surface area contributed by atoms with Crippen molar-refractivity contribution in [3.8, 4) is 0 Å². The van der Waals surface area contributed by atoms with Crippen LogP contribution >= 0.6 is 0 Å². The van der Waals surface area contributed by atoms with Crippen molar-refractivity contribution in [1.82, 2.24) is 10.4 Å². The maximum absolute atomic E-state index is 12.8. The largest absolute Gasteiger partial charge is 0.467 e. The van der Waals surface area contributed by atoms with E-state index in [1.165, 1.54) is 21.3 Å². The first-order valence-corrected chi connectivity index (χ1v) is 10.4. The number of amides is 2. The summed E-state index contributed by atoms with van der Waals surface area (Å²) < 4.78 is 15.0. The van der Waals surface area contributed by atoms with E-state index in [0.29, 0.717) is 5.71 Å². The lowest BCUT2D eigenvalue weighted by Crippen LogP contribution is -2.51. The maximum Gasteiger partial charge on any atom is 0.408 e. The molecule has 33 heavy (non-hydrogen) atoms. The SMILES string of the molecule is CCOC(=O)C1(C(=O)N(C)OC)CCC(C[C@H](NC(=O)OCc2ccccc2)C(=O)OC)=N1. The summed E-state index contributed by atoms with van der Waals surface area (Å²) in [5.74, 6) is -2.22. The van der Waals surface area contributed by atoms with E-state index in [1.54, 1.807) is 19.1 Å². The minimum Gasteiger partial charge on any atom is -0.467 e. The first-order valence-electron chi connectivity index (χ1n) is 10.4. The highest BCUT2D eigenvalue weighted by Crippen LogP contribution is 2.31. The van der Waals surface area contributed by atoms with Gasteiger partial charge in [0, 0.05) is 19.2 Å². The number of alkyl carbamates (subject to hydrolysis) is 1. The van der Waals surface area contributed by atoms with Gasteiger partial charge >= 0.3 is 18.0 Å². The van der Waals surface area contributed by atoms with E-state index in [9.17, 15) is 19.2 Å². The first-order chi connectivity index (χ1) is 15.8. The van der Waals surface area contributed by atoms with Crippen LogP contribution in [0.15, 0.2) is 35.3 Å². The van der Waals surface area contributed by atoms with Gasteiger partial charge in [0.1, 0.15) is 12.6 Å². The van der Waals surface area contributed by atoms with Crippen molar-refractivity contribution in [3.63, 3.8) is 0 Å². The lowest BCUT2D eigenvalue weighted by molar-refractivity contribution is -0.180. The number of hydrogen-bond donors (Lipinski definition) is 1. The third kappa shape index (κ3) is 6.51. The fourth-order valence-corrected chi connectivity index (χ4v) is 3.32. The predicted molar refractivity (Wildman–Crippen MR) is 116 cm³/mol. The Morgan fingerprint density at radius 3 is 2.45 bits per heavy atom. The molecule has 0 saturated carbocycles. The topological polar surface area (TPSA) is 133 Å². The zero-order valence-electron chi connectivity index (χ0n) is 19.2. The minimum atomic E-state index is -1.81. The fourth-order valence-electron chi connectivity index (χ4n) is 3.32. The fraction of sp³-hybridized carbons (Fsp3) is 0.500. The van der Waals surface area contributed by atoms with Crippen molar-refractivity contribution >= 4 is 29.7 Å². The molecule has 2 atom stereocenters. The average Bonchev–Trinajstić information content (AvgIpc) is 3.26. The normalized spacial score (nSPS) is 18.0. The molecule has 2 rings (SSSR count). The quantitative estimate of drug-likeness (QED) is 0.238. The van der Waals surface area contributed by atoms with E-state index in [0.717, 1.165) is 10.6 Å². The Labute approximate surface area is 192 Å². The number of nitrogens with one attached hydrogen (secondary N) is 1. The molecule has 1 heterocycles. The van der Waals surface area contributed by atoms with E-state index in [-0.39, 0.29) is 32.5 Å². The summed E-state index contributed by atoms with van der Waals surface area (Å²) in [4.78, 5) is 59.2. The van der Waals surface area contributed by atoms with E-state index in [2.05, 4.69) is 10.3 Å². The van der Waals surface area contributed by atoms with E-state index in [4.69, 9.17) is 19.0 Å². The van der Waals surface area contributed by atoms with E-state index in [1.807, 2.05) is 18.2 Å². The lowest BCUT2D eigenvalue weighted by atomic mass is 9.95. The van der Waals surface area contributed by atoms with Gasteiger partial charge in [0.05, 0.1) is 20.8 Å². The standard InChI is InChI=1S/C22H29N3O8/c1-5-32-20(28)22(19(27)25(2)31-4)12-11-16(24-22)13-17(18(26)30-3)23-21(29)33-14-15-9-7-6-8-10-15/h6-10,17H,5,11-14H2,1-4H3,(H,23,29)/t17-,22?/m0/s1. The van der Waals surface area contributed by atoms with Gasteiger partial charge in [-0.1, -0.05) is 30.3 Å². The van der Waals surface area contributed by atoms with Gasteiger partial charge in [-0.2, -0.15) is 0 Å². The van der Waals surface area contributed by atoms with Crippen molar-refractivity contribution in [2.24, 2.45) is 4.99 Å². The van der Waals surface area contributed by atoms with Gasteiger partial charge in [0.2, 0.25) is 5.54 Å². The molecule has 11 heteroatoms. The summed E-state index contributed by atoms with van der Waals surface area (Å²) >= 11 is 0. The summed E-state index contributed by atoms with van der Waals surface area (Å²) in [5, 5.41) is 3.36. The van der Waals surface area contributed by atoms with Gasteiger partial charge in [-0.05, 0) is 25.3 Å². The molecule has 2 amide bonds. The number of hydrogen-bond acceptors (Lipinski definition) is 9. The molecule has 0 fully saturated rings. The second kappa shape index (κ2) is 12.0. The third-order valence-corrected chi connectivity index (χ3v) is 5.08. The van der Waals surface area contributed by atoms with Gasteiger partial charge in [-0.3, -0.25) is 14.6 Å². The number of methoxy groups -OCH3 is 1. The predicted octanol–water partition coefficient (Wildman–Crippen LogP) is 1.40. The summed E-state index contributed by atoms with van der Waals surface area (Å²) in [5.41, 5.74) is -0.660. The molecule has 1 unspecified atom stereocenters. The van der Waals surface area contributed by atoms with Crippen LogP contribution < -0.4 is 5.32 Å². The highest BCUT2D eigenvalue weighted by molar-refractivity contribution is 6.11. The number of esters is 2. The van der Waals surface area contributed by atoms with Gasteiger partial charge in [0.25, 0.3) is 5.91 Å². The summed E-state index contributed by atoms with van der Waals surface area (Å²) in [6, 6.07) is 7.92. The van der Waals surface area contributed by atoms with Crippen molar-refractivity contribution < 1.29 is 38.2 Å². The number of ether oxygens (including phenoxy) is 3. The van der Waals surface area contributed by atoms with Gasteiger partial charge in [-0.15, -0.1) is 0 Å². The molecule has 180 valence electrons. The first kappa shape index (κ1) is 25.8. The lowest BCUT2D eigenvalue weighted by Gasteiger charge is -2.26. The Hall–Kier alpha value is -3.47. The molecular weight excluding hydrogens is 434 g/mol. The van der Waals surface area contributed by atoms with Crippen molar-refractivity contribution in [2.45, 2.75) is 44.4 Å².